The molecule has 7 heteroatoms. The third-order valence-electron chi connectivity index (χ3n) is 6.72. The van der Waals surface area contributed by atoms with Gasteiger partial charge in [-0.1, -0.05) is 79.4 Å². The van der Waals surface area contributed by atoms with Gasteiger partial charge < -0.3 is 19.8 Å². The summed E-state index contributed by atoms with van der Waals surface area (Å²) in [5.74, 6) is -1.27. The number of aliphatic hydroxyl groups is 2. The minimum atomic E-state index is -1.61. The van der Waals surface area contributed by atoms with Gasteiger partial charge in [-0.05, 0) is 30.9 Å². The van der Waals surface area contributed by atoms with Crippen molar-refractivity contribution in [3.05, 3.63) is 107 Å². The van der Waals surface area contributed by atoms with Gasteiger partial charge in [0.05, 0.1) is 6.54 Å². The van der Waals surface area contributed by atoms with Crippen LogP contribution in [0.5, 0.6) is 0 Å². The first-order chi connectivity index (χ1) is 17.4. The molecule has 1 aliphatic heterocycles. The zero-order valence-corrected chi connectivity index (χ0v) is 20.4. The molecule has 0 spiro atoms. The van der Waals surface area contributed by atoms with Crippen molar-refractivity contribution in [2.75, 3.05) is 19.7 Å². The fraction of sp³-hybridized carbons (Fsp3) is 0.310. The van der Waals surface area contributed by atoms with Crippen LogP contribution in [0.15, 0.2) is 96.1 Å². The Balaban J connectivity index is 1.74. The molecule has 2 atom stereocenters. The van der Waals surface area contributed by atoms with E-state index in [9.17, 15) is 19.8 Å². The number of carbonyl (C=O) groups excluding carboxylic acids is 2. The Morgan fingerprint density at radius 3 is 2.44 bits per heavy atom. The first kappa shape index (κ1) is 25.6. The molecule has 1 heterocycles. The van der Waals surface area contributed by atoms with Crippen molar-refractivity contribution in [2.45, 2.75) is 37.6 Å². The lowest BCUT2D eigenvalue weighted by atomic mass is 9.85. The number of rotatable bonds is 10. The molecule has 3 N–H and O–H groups in total. The normalized spacial score (nSPS) is 20.0. The number of nitrogens with zero attached hydrogens (tertiary/aromatic N) is 1. The third kappa shape index (κ3) is 4.91. The molecular formula is C29H32N2O5. The Kier molecular flexibility index (Phi) is 7.84. The van der Waals surface area contributed by atoms with Crippen molar-refractivity contribution in [1.82, 2.24) is 10.2 Å². The molecule has 0 radical (unpaired) electrons. The Morgan fingerprint density at radius 2 is 1.81 bits per heavy atom. The molecule has 4 rings (SSSR count). The van der Waals surface area contributed by atoms with E-state index in [0.717, 1.165) is 23.1 Å². The summed E-state index contributed by atoms with van der Waals surface area (Å²) >= 11 is 0. The fourth-order valence-electron chi connectivity index (χ4n) is 4.94. The zero-order valence-electron chi connectivity index (χ0n) is 20.4. The second kappa shape index (κ2) is 11.0. The maximum Gasteiger partial charge on any atom is 0.333 e. The number of aliphatic hydroxyl groups excluding tert-OH is 1. The second-order valence-corrected chi connectivity index (χ2v) is 9.09. The van der Waals surface area contributed by atoms with Gasteiger partial charge >= 0.3 is 5.97 Å². The third-order valence-corrected chi connectivity index (χ3v) is 6.72. The standard InChI is InChI=1S/C29H32N2O5/c1-20(2)28(35)36-18-17-31-26(32)23-15-9-10-16-25(23)29(31,22-13-7-4-8-14-22)30-19-24(27(33)34)21-11-5-3-6-12-21/h3-8,10-14,16,24,27,30,33-34H,1,9,15,17-19H2,2H3. The summed E-state index contributed by atoms with van der Waals surface area (Å²) in [6.07, 6.45) is 3.78. The molecule has 0 aromatic heterocycles. The van der Waals surface area contributed by atoms with E-state index < -0.39 is 23.8 Å². The van der Waals surface area contributed by atoms with Gasteiger partial charge in [0.15, 0.2) is 6.29 Å². The first-order valence-electron chi connectivity index (χ1n) is 12.1. The number of hydrogen-bond acceptors (Lipinski definition) is 6. The molecule has 36 heavy (non-hydrogen) atoms. The maximum atomic E-state index is 13.7. The number of hydrogen-bond donors (Lipinski definition) is 3. The van der Waals surface area contributed by atoms with Crippen LogP contribution in [-0.4, -0.2) is 53.0 Å². The molecule has 188 valence electrons. The lowest BCUT2D eigenvalue weighted by Crippen LogP contribution is -2.58. The molecule has 0 saturated carbocycles. The quantitative estimate of drug-likeness (QED) is 0.270. The largest absolute Gasteiger partial charge is 0.460 e. The van der Waals surface area contributed by atoms with Crippen LogP contribution in [-0.2, 0) is 20.0 Å². The summed E-state index contributed by atoms with van der Waals surface area (Å²) in [5.41, 5.74) is 2.36. The van der Waals surface area contributed by atoms with Gasteiger partial charge in [0, 0.05) is 29.2 Å². The molecule has 0 fully saturated rings. The SMILES string of the molecule is C=C(C)C(=O)OCCN1C(=O)C2=C(C=CCC2)C1(NCC(c1ccccc1)C(O)O)c1ccccc1. The van der Waals surface area contributed by atoms with Crippen LogP contribution in [0.4, 0.5) is 0 Å². The van der Waals surface area contributed by atoms with E-state index in [1.807, 2.05) is 72.8 Å². The van der Waals surface area contributed by atoms with Crippen LogP contribution in [0, 0.1) is 0 Å². The van der Waals surface area contributed by atoms with Gasteiger partial charge in [0.25, 0.3) is 5.91 Å². The molecule has 2 aromatic carbocycles. The predicted octanol–water partition coefficient (Wildman–Crippen LogP) is 3.13. The van der Waals surface area contributed by atoms with E-state index in [0.29, 0.717) is 12.0 Å². The number of amides is 1. The smallest absolute Gasteiger partial charge is 0.333 e. The number of esters is 1. The molecule has 2 unspecified atom stereocenters. The van der Waals surface area contributed by atoms with Gasteiger partial charge in [-0.25, -0.2) is 4.79 Å². The van der Waals surface area contributed by atoms with E-state index >= 15 is 0 Å². The van der Waals surface area contributed by atoms with Gasteiger partial charge in [0.1, 0.15) is 12.3 Å². The molecule has 1 aliphatic carbocycles. The van der Waals surface area contributed by atoms with Gasteiger partial charge in [-0.2, -0.15) is 0 Å². The Bertz CT molecular complexity index is 1170. The molecule has 0 saturated heterocycles. The highest BCUT2D eigenvalue weighted by atomic mass is 16.5. The Morgan fingerprint density at radius 1 is 1.14 bits per heavy atom. The number of nitrogens with one attached hydrogen (secondary N) is 1. The van der Waals surface area contributed by atoms with Gasteiger partial charge in [-0.3, -0.25) is 10.1 Å². The number of benzene rings is 2. The van der Waals surface area contributed by atoms with Crippen molar-refractivity contribution >= 4 is 11.9 Å². The molecule has 7 nitrogen and oxygen atoms in total. The van der Waals surface area contributed by atoms with Crippen LogP contribution < -0.4 is 5.32 Å². The predicted molar refractivity (Wildman–Crippen MR) is 136 cm³/mol. The van der Waals surface area contributed by atoms with E-state index in [4.69, 9.17) is 4.74 Å². The van der Waals surface area contributed by atoms with E-state index in [-0.39, 0.29) is 31.2 Å². The van der Waals surface area contributed by atoms with Crippen LogP contribution >= 0.6 is 0 Å². The Hall–Kier alpha value is -3.52. The summed E-state index contributed by atoms with van der Waals surface area (Å²) < 4.78 is 5.35. The molecular weight excluding hydrogens is 456 g/mol. The summed E-state index contributed by atoms with van der Waals surface area (Å²) in [6, 6.07) is 18.9. The number of carbonyl (C=O) groups is 2. The second-order valence-electron chi connectivity index (χ2n) is 9.09. The van der Waals surface area contributed by atoms with E-state index in [1.54, 1.807) is 11.8 Å². The van der Waals surface area contributed by atoms with Gasteiger partial charge in [0.2, 0.25) is 0 Å². The highest BCUT2D eigenvalue weighted by molar-refractivity contribution is 6.00. The van der Waals surface area contributed by atoms with Crippen LogP contribution in [0.2, 0.25) is 0 Å². The molecule has 1 amide bonds. The summed E-state index contributed by atoms with van der Waals surface area (Å²) in [7, 11) is 0. The average molecular weight is 489 g/mol. The average Bonchev–Trinajstić information content (AvgIpc) is 3.13. The highest BCUT2D eigenvalue weighted by Gasteiger charge is 2.52. The minimum Gasteiger partial charge on any atom is -0.460 e. The topological polar surface area (TPSA) is 99.1 Å². The summed E-state index contributed by atoms with van der Waals surface area (Å²) in [4.78, 5) is 27.4. The summed E-state index contributed by atoms with van der Waals surface area (Å²) in [6.45, 7) is 5.53. The molecule has 2 aromatic rings. The molecule has 2 aliphatic rings. The fourth-order valence-corrected chi connectivity index (χ4v) is 4.94. The van der Waals surface area contributed by atoms with Crippen molar-refractivity contribution in [2.24, 2.45) is 0 Å². The summed E-state index contributed by atoms with van der Waals surface area (Å²) in [5, 5.41) is 24.0. The minimum absolute atomic E-state index is 0.00269. The van der Waals surface area contributed by atoms with Crippen LogP contribution in [0.3, 0.4) is 0 Å². The van der Waals surface area contributed by atoms with E-state index in [1.165, 1.54) is 0 Å². The zero-order chi connectivity index (χ0) is 25.7. The van der Waals surface area contributed by atoms with Crippen molar-refractivity contribution in [1.29, 1.82) is 0 Å². The van der Waals surface area contributed by atoms with Gasteiger partial charge in [-0.15, -0.1) is 0 Å². The van der Waals surface area contributed by atoms with Crippen molar-refractivity contribution < 1.29 is 24.5 Å². The Labute approximate surface area is 211 Å². The highest BCUT2D eigenvalue weighted by Crippen LogP contribution is 2.45. The maximum absolute atomic E-state index is 13.7. The lowest BCUT2D eigenvalue weighted by Gasteiger charge is -2.42. The lowest BCUT2D eigenvalue weighted by molar-refractivity contribution is -0.143. The van der Waals surface area contributed by atoms with E-state index in [2.05, 4.69) is 11.9 Å². The monoisotopic (exact) mass is 488 g/mol. The van der Waals surface area contributed by atoms with Crippen molar-refractivity contribution in [3.63, 3.8) is 0 Å². The van der Waals surface area contributed by atoms with Crippen LogP contribution in [0.1, 0.15) is 36.8 Å². The molecule has 0 bridgehead atoms. The van der Waals surface area contributed by atoms with Crippen LogP contribution in [0.25, 0.3) is 0 Å². The first-order valence-corrected chi connectivity index (χ1v) is 12.1. The van der Waals surface area contributed by atoms with Crippen molar-refractivity contribution in [3.8, 4) is 0 Å². The number of ether oxygens (including phenoxy) is 1. The number of allylic oxidation sites excluding steroid dienone is 1.